The average molecular weight is 654 g/mol. The summed E-state index contributed by atoms with van der Waals surface area (Å²) in [4.78, 5) is 15.6. The van der Waals surface area contributed by atoms with Crippen LogP contribution in [0.4, 0.5) is 20.2 Å². The van der Waals surface area contributed by atoms with Gasteiger partial charge in [0.05, 0.1) is 24.8 Å². The summed E-state index contributed by atoms with van der Waals surface area (Å²) in [5.41, 5.74) is 4.29. The van der Waals surface area contributed by atoms with Gasteiger partial charge in [0.2, 0.25) is 0 Å². The molecule has 5 rings (SSSR count). The first-order valence-electron chi connectivity index (χ1n) is 12.2. The predicted octanol–water partition coefficient (Wildman–Crippen LogP) is 8.72. The molecule has 4 aromatic carbocycles. The molecule has 0 saturated heterocycles. The van der Waals surface area contributed by atoms with Crippen molar-refractivity contribution in [1.82, 2.24) is 0 Å². The number of hydrogen-bond acceptors (Lipinski definition) is 4. The number of nitrogens with zero attached hydrogens (tertiary/aromatic N) is 1. The average Bonchev–Trinajstić information content (AvgIpc) is 2.95. The van der Waals surface area contributed by atoms with Crippen LogP contribution in [-0.2, 0) is 9.53 Å². The first-order valence-corrected chi connectivity index (χ1v) is 13.8. The largest absolute Gasteiger partial charge is 0.466 e. The van der Waals surface area contributed by atoms with Crippen LogP contribution in [0.5, 0.6) is 0 Å². The fourth-order valence-corrected chi connectivity index (χ4v) is 5.46. The van der Waals surface area contributed by atoms with Crippen molar-refractivity contribution in [2.24, 2.45) is 0 Å². The highest BCUT2D eigenvalue weighted by Crippen LogP contribution is 2.48. The second-order valence-electron chi connectivity index (χ2n) is 9.12. The van der Waals surface area contributed by atoms with Gasteiger partial charge in [0.25, 0.3) is 0 Å². The Bertz CT molecular complexity index is 1490. The fraction of sp³-hybridized carbons (Fsp3) is 0.129. The molecule has 8 heteroatoms. The molecular weight excluding hydrogens is 630 g/mol. The number of benzene rings is 4. The standard InChI is InChI=1S/C31H24Br2F2N2O2/c1-39-31(38)29-27(36-25-14-6-21(32)7-15-25)18-28(19-2-10-23(34)11-3-19)37(26-16-8-22(33)9-17-26)30(29)20-4-12-24(35)13-5-20/h2-17,28,30,36H,18H2,1H3. The summed E-state index contributed by atoms with van der Waals surface area (Å²) in [6.45, 7) is 0. The Labute approximate surface area is 242 Å². The number of methoxy groups -OCH3 is 1. The van der Waals surface area contributed by atoms with Crippen molar-refractivity contribution in [2.45, 2.75) is 18.5 Å². The van der Waals surface area contributed by atoms with Crippen molar-refractivity contribution in [3.63, 3.8) is 0 Å². The minimum atomic E-state index is -0.638. The van der Waals surface area contributed by atoms with Crippen molar-refractivity contribution in [3.8, 4) is 0 Å². The first kappa shape index (κ1) is 27.1. The zero-order valence-electron chi connectivity index (χ0n) is 20.9. The van der Waals surface area contributed by atoms with Gasteiger partial charge in [-0.25, -0.2) is 13.6 Å². The Morgan fingerprint density at radius 2 is 1.31 bits per heavy atom. The number of nitrogens with one attached hydrogen (secondary N) is 1. The molecule has 4 nitrogen and oxygen atoms in total. The van der Waals surface area contributed by atoms with E-state index in [2.05, 4.69) is 42.1 Å². The van der Waals surface area contributed by atoms with Gasteiger partial charge in [-0.05, 0) is 83.9 Å². The van der Waals surface area contributed by atoms with Gasteiger partial charge in [0, 0.05) is 32.4 Å². The summed E-state index contributed by atoms with van der Waals surface area (Å²) < 4.78 is 35.1. The maximum Gasteiger partial charge on any atom is 0.337 e. The Morgan fingerprint density at radius 3 is 1.85 bits per heavy atom. The number of anilines is 2. The molecule has 0 aliphatic carbocycles. The van der Waals surface area contributed by atoms with Crippen molar-refractivity contribution < 1.29 is 18.3 Å². The molecule has 1 N–H and O–H groups in total. The van der Waals surface area contributed by atoms with Gasteiger partial charge in [-0.3, -0.25) is 0 Å². The van der Waals surface area contributed by atoms with Gasteiger partial charge in [-0.2, -0.15) is 0 Å². The molecule has 2 unspecified atom stereocenters. The highest BCUT2D eigenvalue weighted by molar-refractivity contribution is 9.10. The molecule has 0 radical (unpaired) electrons. The van der Waals surface area contributed by atoms with E-state index in [1.807, 2.05) is 48.5 Å². The summed E-state index contributed by atoms with van der Waals surface area (Å²) in [6, 6.07) is 27.0. The number of halogens is 4. The topological polar surface area (TPSA) is 41.6 Å². The van der Waals surface area contributed by atoms with E-state index in [1.165, 1.54) is 31.4 Å². The van der Waals surface area contributed by atoms with Gasteiger partial charge in [0.15, 0.2) is 0 Å². The molecule has 0 spiro atoms. The monoisotopic (exact) mass is 652 g/mol. The van der Waals surface area contributed by atoms with Crippen LogP contribution in [0.3, 0.4) is 0 Å². The van der Waals surface area contributed by atoms with Crippen LogP contribution in [0.25, 0.3) is 0 Å². The maximum absolute atomic E-state index is 14.0. The zero-order valence-corrected chi connectivity index (χ0v) is 24.0. The zero-order chi connectivity index (χ0) is 27.5. The van der Waals surface area contributed by atoms with E-state index in [0.717, 1.165) is 25.9 Å². The quantitative estimate of drug-likeness (QED) is 0.211. The molecule has 1 aliphatic rings. The first-order chi connectivity index (χ1) is 18.8. The van der Waals surface area contributed by atoms with E-state index in [9.17, 15) is 13.6 Å². The molecule has 1 heterocycles. The normalized spacial score (nSPS) is 17.2. The van der Waals surface area contributed by atoms with E-state index in [-0.39, 0.29) is 17.7 Å². The fourth-order valence-electron chi connectivity index (χ4n) is 4.93. The van der Waals surface area contributed by atoms with Crippen LogP contribution >= 0.6 is 31.9 Å². The molecular formula is C31H24Br2F2N2O2. The molecule has 39 heavy (non-hydrogen) atoms. The summed E-state index contributed by atoms with van der Waals surface area (Å²) in [5.74, 6) is -1.21. The highest BCUT2D eigenvalue weighted by atomic mass is 79.9. The lowest BCUT2D eigenvalue weighted by Crippen LogP contribution is -2.41. The molecule has 0 aromatic heterocycles. The smallest absolute Gasteiger partial charge is 0.337 e. The predicted molar refractivity (Wildman–Crippen MR) is 156 cm³/mol. The number of rotatable bonds is 6. The summed E-state index contributed by atoms with van der Waals surface area (Å²) in [6.07, 6.45) is 0.403. The van der Waals surface area contributed by atoms with Gasteiger partial charge in [-0.15, -0.1) is 0 Å². The van der Waals surface area contributed by atoms with Crippen molar-refractivity contribution >= 4 is 49.2 Å². The third-order valence-corrected chi connectivity index (χ3v) is 7.78. The van der Waals surface area contributed by atoms with E-state index in [4.69, 9.17) is 4.74 Å². The minimum Gasteiger partial charge on any atom is -0.466 e. The molecule has 1 aliphatic heterocycles. The van der Waals surface area contributed by atoms with Gasteiger partial charge in [0.1, 0.15) is 11.6 Å². The lowest BCUT2D eigenvalue weighted by atomic mass is 9.84. The Morgan fingerprint density at radius 1 is 0.795 bits per heavy atom. The molecule has 0 saturated carbocycles. The van der Waals surface area contributed by atoms with Crippen LogP contribution in [0.1, 0.15) is 29.6 Å². The van der Waals surface area contributed by atoms with E-state index >= 15 is 0 Å². The number of carbonyl (C=O) groups excluding carboxylic acids is 1. The Kier molecular flexibility index (Phi) is 8.14. The minimum absolute atomic E-state index is 0.298. The summed E-state index contributed by atoms with van der Waals surface area (Å²) in [7, 11) is 1.35. The maximum atomic E-state index is 14.0. The lowest BCUT2D eigenvalue weighted by Gasteiger charge is -2.46. The van der Waals surface area contributed by atoms with E-state index in [1.54, 1.807) is 24.3 Å². The van der Waals surface area contributed by atoms with Crippen LogP contribution in [0.15, 0.2) is 117 Å². The van der Waals surface area contributed by atoms with Gasteiger partial charge < -0.3 is 15.0 Å². The molecule has 0 bridgehead atoms. The lowest BCUT2D eigenvalue weighted by molar-refractivity contribution is -0.136. The number of esters is 1. The van der Waals surface area contributed by atoms with Crippen molar-refractivity contribution in [2.75, 3.05) is 17.3 Å². The molecule has 0 fully saturated rings. The van der Waals surface area contributed by atoms with Crippen LogP contribution in [-0.4, -0.2) is 13.1 Å². The molecule has 2 atom stereocenters. The van der Waals surface area contributed by atoms with Crippen LogP contribution < -0.4 is 10.2 Å². The van der Waals surface area contributed by atoms with Crippen LogP contribution in [0, 0.1) is 11.6 Å². The number of carbonyl (C=O) groups is 1. The third kappa shape index (κ3) is 5.92. The third-order valence-electron chi connectivity index (χ3n) is 6.72. The van der Waals surface area contributed by atoms with Crippen LogP contribution in [0.2, 0.25) is 0 Å². The molecule has 198 valence electrons. The second-order valence-corrected chi connectivity index (χ2v) is 11.0. The summed E-state index contributed by atoms with van der Waals surface area (Å²) in [5, 5.41) is 3.45. The molecule has 4 aromatic rings. The van der Waals surface area contributed by atoms with Crippen molar-refractivity contribution in [3.05, 3.63) is 140 Å². The van der Waals surface area contributed by atoms with Gasteiger partial charge in [-0.1, -0.05) is 56.1 Å². The Hall–Kier alpha value is -3.49. The molecule has 0 amide bonds. The second kappa shape index (κ2) is 11.7. The Balaban J connectivity index is 1.77. The van der Waals surface area contributed by atoms with E-state index < -0.39 is 12.0 Å². The number of hydrogen-bond donors (Lipinski definition) is 1. The SMILES string of the molecule is COC(=O)C1=C(Nc2ccc(Br)cc2)CC(c2ccc(F)cc2)N(c2ccc(Br)cc2)C1c1ccc(F)cc1. The van der Waals surface area contributed by atoms with Gasteiger partial charge >= 0.3 is 5.97 Å². The summed E-state index contributed by atoms with van der Waals surface area (Å²) >= 11 is 6.97. The highest BCUT2D eigenvalue weighted by Gasteiger charge is 2.41. The number of ether oxygens (including phenoxy) is 1. The van der Waals surface area contributed by atoms with E-state index in [0.29, 0.717) is 23.3 Å². The van der Waals surface area contributed by atoms with Crippen molar-refractivity contribution in [1.29, 1.82) is 0 Å².